The Morgan fingerprint density at radius 2 is 1.96 bits per heavy atom. The Morgan fingerprint density at radius 3 is 2.65 bits per heavy atom. The second-order valence-corrected chi connectivity index (χ2v) is 6.57. The van der Waals surface area contributed by atoms with Gasteiger partial charge in [-0.25, -0.2) is 0 Å². The van der Waals surface area contributed by atoms with Crippen molar-refractivity contribution in [1.29, 1.82) is 0 Å². The van der Waals surface area contributed by atoms with Crippen molar-refractivity contribution in [3.05, 3.63) is 57.8 Å². The van der Waals surface area contributed by atoms with Gasteiger partial charge in [0.05, 0.1) is 12.1 Å². The third-order valence-electron chi connectivity index (χ3n) is 4.15. The van der Waals surface area contributed by atoms with Crippen LogP contribution < -0.4 is 0 Å². The van der Waals surface area contributed by atoms with Crippen molar-refractivity contribution < 1.29 is 15.0 Å². The zero-order valence-corrected chi connectivity index (χ0v) is 13.8. The van der Waals surface area contributed by atoms with E-state index in [4.69, 9.17) is 11.6 Å². The van der Waals surface area contributed by atoms with E-state index in [-0.39, 0.29) is 28.9 Å². The first-order valence-corrected chi connectivity index (χ1v) is 7.88. The van der Waals surface area contributed by atoms with Crippen LogP contribution in [0.25, 0.3) is 0 Å². The molecule has 0 fully saturated rings. The maximum Gasteiger partial charge on any atom is 0.261 e. The summed E-state index contributed by atoms with van der Waals surface area (Å²) in [5, 5.41) is 20.6. The van der Waals surface area contributed by atoms with Crippen LogP contribution in [0.1, 0.15) is 42.1 Å². The molecule has 3 rings (SSSR count). The Kier molecular flexibility index (Phi) is 3.94. The van der Waals surface area contributed by atoms with Crippen molar-refractivity contribution in [2.45, 2.75) is 26.2 Å². The lowest BCUT2D eigenvalue weighted by Gasteiger charge is -2.17. The van der Waals surface area contributed by atoms with Crippen molar-refractivity contribution in [2.75, 3.05) is 6.54 Å². The molecule has 1 aromatic carbocycles. The molecule has 1 heterocycles. The van der Waals surface area contributed by atoms with Crippen LogP contribution in [0.2, 0.25) is 0 Å². The fourth-order valence-corrected chi connectivity index (χ4v) is 3.08. The molecule has 2 aliphatic rings. The van der Waals surface area contributed by atoms with Gasteiger partial charge >= 0.3 is 0 Å². The molecule has 1 amide bonds. The van der Waals surface area contributed by atoms with Gasteiger partial charge in [0.25, 0.3) is 5.91 Å². The van der Waals surface area contributed by atoms with Crippen LogP contribution in [0, 0.1) is 0 Å². The molecule has 0 spiro atoms. The first-order valence-electron chi connectivity index (χ1n) is 7.51. The van der Waals surface area contributed by atoms with Crippen LogP contribution in [0.3, 0.4) is 0 Å². The van der Waals surface area contributed by atoms with Gasteiger partial charge in [-0.3, -0.25) is 4.79 Å². The van der Waals surface area contributed by atoms with Gasteiger partial charge in [-0.15, -0.1) is 0 Å². The van der Waals surface area contributed by atoms with Gasteiger partial charge in [-0.2, -0.15) is 0 Å². The average Bonchev–Trinajstić information content (AvgIpc) is 2.89. The maximum absolute atomic E-state index is 12.7. The monoisotopic (exact) mass is 331 g/mol. The molecule has 0 saturated heterocycles. The summed E-state index contributed by atoms with van der Waals surface area (Å²) < 4.78 is 0. The van der Waals surface area contributed by atoms with E-state index in [1.165, 1.54) is 6.07 Å². The number of phenolic OH excluding ortho intramolecular Hbond substituents is 2. The number of fused-ring (bicyclic) bond motifs is 1. The zero-order chi connectivity index (χ0) is 16.7. The molecule has 0 atom stereocenters. The van der Waals surface area contributed by atoms with Crippen molar-refractivity contribution >= 4 is 17.5 Å². The highest BCUT2D eigenvalue weighted by Crippen LogP contribution is 2.35. The minimum atomic E-state index is -0.289. The average molecular weight is 332 g/mol. The summed E-state index contributed by atoms with van der Waals surface area (Å²) in [5.74, 6) is -0.452. The van der Waals surface area contributed by atoms with Crippen LogP contribution in [0.5, 0.6) is 11.5 Å². The highest BCUT2D eigenvalue weighted by Gasteiger charge is 2.27. The minimum absolute atomic E-state index is 0.00110. The van der Waals surface area contributed by atoms with Gasteiger partial charge in [0.15, 0.2) is 0 Å². The predicted molar refractivity (Wildman–Crippen MR) is 89.6 cm³/mol. The van der Waals surface area contributed by atoms with Gasteiger partial charge in [0.1, 0.15) is 11.5 Å². The fourth-order valence-electron chi connectivity index (χ4n) is 2.87. The van der Waals surface area contributed by atoms with E-state index in [9.17, 15) is 15.0 Å². The molecule has 120 valence electrons. The molecular weight excluding hydrogens is 314 g/mol. The zero-order valence-electron chi connectivity index (χ0n) is 13.0. The second-order valence-electron chi connectivity index (χ2n) is 6.13. The molecule has 0 radical (unpaired) electrons. The Morgan fingerprint density at radius 1 is 1.22 bits per heavy atom. The second kappa shape index (κ2) is 5.78. The molecule has 0 saturated carbocycles. The summed E-state index contributed by atoms with van der Waals surface area (Å²) in [5.41, 5.74) is 2.92. The molecule has 2 N–H and O–H groups in total. The molecule has 5 heteroatoms. The van der Waals surface area contributed by atoms with Crippen molar-refractivity contribution in [3.8, 4) is 11.5 Å². The highest BCUT2D eigenvalue weighted by molar-refractivity contribution is 6.31. The third-order valence-corrected chi connectivity index (χ3v) is 4.42. The lowest BCUT2D eigenvalue weighted by atomic mass is 9.98. The summed E-state index contributed by atoms with van der Waals surface area (Å²) in [7, 11) is 0. The van der Waals surface area contributed by atoms with E-state index >= 15 is 0 Å². The summed E-state index contributed by atoms with van der Waals surface area (Å²) in [6.45, 7) is 4.28. The Bertz CT molecular complexity index is 775. The Labute approximate surface area is 140 Å². The van der Waals surface area contributed by atoms with E-state index in [1.807, 2.05) is 26.0 Å². The number of nitrogens with zero attached hydrogens (tertiary/aromatic N) is 1. The molecule has 0 unspecified atom stereocenters. The van der Waals surface area contributed by atoms with Gasteiger partial charge < -0.3 is 15.1 Å². The number of rotatable bonds is 2. The van der Waals surface area contributed by atoms with Crippen molar-refractivity contribution in [3.63, 3.8) is 0 Å². The van der Waals surface area contributed by atoms with Gasteiger partial charge in [0.2, 0.25) is 0 Å². The van der Waals surface area contributed by atoms with E-state index in [1.54, 1.807) is 17.2 Å². The standard InChI is InChI=1S/C18H18ClNO3/c1-10(2)14-6-15(17(22)7-16(14)21)18(23)20-8-11-3-4-13(19)5-12(11)9-20/h4-8,10,21-22H,3,9H2,1-2H3. The molecule has 0 aromatic heterocycles. The number of benzene rings is 1. The smallest absolute Gasteiger partial charge is 0.261 e. The Balaban J connectivity index is 1.92. The summed E-state index contributed by atoms with van der Waals surface area (Å²) in [4.78, 5) is 14.3. The number of halogens is 1. The topological polar surface area (TPSA) is 60.8 Å². The highest BCUT2D eigenvalue weighted by atomic mass is 35.5. The maximum atomic E-state index is 12.7. The first kappa shape index (κ1) is 15.7. The molecule has 1 aliphatic heterocycles. The number of aromatic hydroxyl groups is 2. The number of allylic oxidation sites excluding steroid dienone is 3. The quantitative estimate of drug-likeness (QED) is 0.860. The predicted octanol–water partition coefficient (Wildman–Crippen LogP) is 4.01. The summed E-state index contributed by atoms with van der Waals surface area (Å²) in [6.07, 6.45) is 6.27. The molecule has 4 nitrogen and oxygen atoms in total. The largest absolute Gasteiger partial charge is 0.508 e. The van der Waals surface area contributed by atoms with E-state index in [0.717, 1.165) is 11.1 Å². The van der Waals surface area contributed by atoms with Gasteiger partial charge in [-0.1, -0.05) is 31.5 Å². The van der Waals surface area contributed by atoms with Gasteiger partial charge in [0, 0.05) is 17.3 Å². The molecule has 0 bridgehead atoms. The summed E-state index contributed by atoms with van der Waals surface area (Å²) >= 11 is 6.01. The van der Waals surface area contributed by atoms with Crippen molar-refractivity contribution in [1.82, 2.24) is 4.90 Å². The van der Waals surface area contributed by atoms with Crippen LogP contribution in [0.15, 0.2) is 46.7 Å². The summed E-state index contributed by atoms with van der Waals surface area (Å²) in [6, 6.07) is 2.80. The Hall–Kier alpha value is -2.20. The van der Waals surface area contributed by atoms with E-state index in [0.29, 0.717) is 23.6 Å². The normalized spacial score (nSPS) is 16.9. The van der Waals surface area contributed by atoms with Crippen LogP contribution in [0.4, 0.5) is 0 Å². The SMILES string of the molecule is CC(C)c1cc(C(=O)N2C=C3CC=C(Cl)C=C3C2)c(O)cc1O. The molecular formula is C18H18ClNO3. The van der Waals surface area contributed by atoms with Crippen LogP contribution >= 0.6 is 11.6 Å². The third kappa shape index (κ3) is 2.86. The first-order chi connectivity index (χ1) is 10.9. The van der Waals surface area contributed by atoms with E-state index in [2.05, 4.69) is 0 Å². The number of amides is 1. The van der Waals surface area contributed by atoms with Gasteiger partial charge in [-0.05, 0) is 41.2 Å². The van der Waals surface area contributed by atoms with Crippen LogP contribution in [-0.4, -0.2) is 27.6 Å². The van der Waals surface area contributed by atoms with E-state index < -0.39 is 0 Å². The number of hydrogen-bond donors (Lipinski definition) is 2. The number of carbonyl (C=O) groups excluding carboxylic acids is 1. The lowest BCUT2D eigenvalue weighted by Crippen LogP contribution is -2.24. The van der Waals surface area contributed by atoms with Crippen LogP contribution in [-0.2, 0) is 0 Å². The van der Waals surface area contributed by atoms with Crippen molar-refractivity contribution in [2.24, 2.45) is 0 Å². The molecule has 1 aliphatic carbocycles. The fraction of sp³-hybridized carbons (Fsp3) is 0.278. The minimum Gasteiger partial charge on any atom is -0.508 e. The lowest BCUT2D eigenvalue weighted by molar-refractivity contribution is 0.0836. The number of carbonyl (C=O) groups is 1. The molecule has 23 heavy (non-hydrogen) atoms. The number of hydrogen-bond acceptors (Lipinski definition) is 3. The molecule has 1 aromatic rings. The number of phenols is 2.